The fraction of sp³-hybridized carbons (Fsp3) is 0.625. The van der Waals surface area contributed by atoms with Crippen molar-refractivity contribution in [2.75, 3.05) is 33.2 Å². The highest BCUT2D eigenvalue weighted by atomic mass is 19.1. The Kier molecular flexibility index (Phi) is 5.95. The number of piperidine rings is 1. The number of benzene rings is 1. The second kappa shape index (κ2) is 7.72. The minimum Gasteiger partial charge on any atom is -0.387 e. The maximum Gasteiger partial charge on any atom is 0.123 e. The molecule has 1 aliphatic heterocycles. The second-order valence-corrected chi connectivity index (χ2v) is 5.81. The highest BCUT2D eigenvalue weighted by Crippen LogP contribution is 2.19. The van der Waals surface area contributed by atoms with Crippen LogP contribution in [0.4, 0.5) is 4.39 Å². The number of halogens is 1. The van der Waals surface area contributed by atoms with E-state index >= 15 is 0 Å². The van der Waals surface area contributed by atoms with Gasteiger partial charge in [0.15, 0.2) is 0 Å². The van der Waals surface area contributed by atoms with Crippen molar-refractivity contribution >= 4 is 0 Å². The molecular formula is C16H25FN2O. The molecule has 0 amide bonds. The zero-order chi connectivity index (χ0) is 14.4. The average molecular weight is 280 g/mol. The van der Waals surface area contributed by atoms with Crippen LogP contribution in [0.5, 0.6) is 0 Å². The van der Waals surface area contributed by atoms with E-state index < -0.39 is 6.10 Å². The Morgan fingerprint density at radius 1 is 1.30 bits per heavy atom. The lowest BCUT2D eigenvalue weighted by molar-refractivity contribution is 0.171. The predicted molar refractivity (Wildman–Crippen MR) is 79.1 cm³/mol. The maximum absolute atomic E-state index is 12.8. The van der Waals surface area contributed by atoms with Gasteiger partial charge in [-0.1, -0.05) is 12.1 Å². The van der Waals surface area contributed by atoms with E-state index in [1.54, 1.807) is 12.1 Å². The van der Waals surface area contributed by atoms with Gasteiger partial charge in [-0.2, -0.15) is 0 Å². The topological polar surface area (TPSA) is 35.5 Å². The summed E-state index contributed by atoms with van der Waals surface area (Å²) in [6, 6.07) is 6.05. The average Bonchev–Trinajstić information content (AvgIpc) is 2.46. The normalized spacial score (nSPS) is 19.1. The van der Waals surface area contributed by atoms with Crippen molar-refractivity contribution < 1.29 is 9.50 Å². The van der Waals surface area contributed by atoms with Crippen LogP contribution in [-0.4, -0.2) is 43.2 Å². The molecular weight excluding hydrogens is 255 g/mol. The molecule has 1 unspecified atom stereocenters. The van der Waals surface area contributed by atoms with Crippen LogP contribution in [0, 0.1) is 11.7 Å². The first kappa shape index (κ1) is 15.4. The quantitative estimate of drug-likeness (QED) is 0.784. The van der Waals surface area contributed by atoms with Crippen LogP contribution in [0.3, 0.4) is 0 Å². The molecule has 1 aromatic rings. The van der Waals surface area contributed by atoms with Gasteiger partial charge < -0.3 is 15.3 Å². The third-order valence-corrected chi connectivity index (χ3v) is 4.16. The molecule has 0 spiro atoms. The molecule has 0 aliphatic carbocycles. The van der Waals surface area contributed by atoms with Crippen LogP contribution in [-0.2, 0) is 0 Å². The van der Waals surface area contributed by atoms with Crippen molar-refractivity contribution in [3.05, 3.63) is 35.6 Å². The number of rotatable bonds is 6. The first-order valence-electron chi connectivity index (χ1n) is 7.48. The molecule has 20 heavy (non-hydrogen) atoms. The maximum atomic E-state index is 12.8. The number of hydrogen-bond donors (Lipinski definition) is 2. The van der Waals surface area contributed by atoms with Gasteiger partial charge in [-0.05, 0) is 69.6 Å². The van der Waals surface area contributed by atoms with Gasteiger partial charge >= 0.3 is 0 Å². The molecule has 0 bridgehead atoms. The lowest BCUT2D eigenvalue weighted by Crippen LogP contribution is -2.32. The summed E-state index contributed by atoms with van der Waals surface area (Å²) >= 11 is 0. The van der Waals surface area contributed by atoms with Crippen molar-refractivity contribution in [1.82, 2.24) is 10.2 Å². The zero-order valence-corrected chi connectivity index (χ0v) is 12.2. The molecule has 2 rings (SSSR count). The first-order chi connectivity index (χ1) is 9.65. The van der Waals surface area contributed by atoms with E-state index in [0.717, 1.165) is 18.0 Å². The van der Waals surface area contributed by atoms with Gasteiger partial charge in [0.2, 0.25) is 0 Å². The van der Waals surface area contributed by atoms with Crippen molar-refractivity contribution in [1.29, 1.82) is 0 Å². The molecule has 3 nitrogen and oxygen atoms in total. The van der Waals surface area contributed by atoms with Crippen LogP contribution in [0.15, 0.2) is 24.3 Å². The number of likely N-dealkylation sites (tertiary alicyclic amines) is 1. The van der Waals surface area contributed by atoms with Crippen LogP contribution < -0.4 is 5.32 Å². The minimum atomic E-state index is -0.562. The molecule has 1 fully saturated rings. The summed E-state index contributed by atoms with van der Waals surface area (Å²) < 4.78 is 12.8. The first-order valence-corrected chi connectivity index (χ1v) is 7.48. The monoisotopic (exact) mass is 280 g/mol. The third-order valence-electron chi connectivity index (χ3n) is 4.16. The molecule has 0 radical (unpaired) electrons. The molecule has 0 aromatic heterocycles. The summed E-state index contributed by atoms with van der Waals surface area (Å²) in [5.74, 6) is 0.540. The molecule has 1 atom stereocenters. The summed E-state index contributed by atoms with van der Waals surface area (Å²) in [6.45, 7) is 3.86. The van der Waals surface area contributed by atoms with Crippen LogP contribution >= 0.6 is 0 Å². The van der Waals surface area contributed by atoms with Gasteiger partial charge in [-0.15, -0.1) is 0 Å². The summed E-state index contributed by atoms with van der Waals surface area (Å²) in [7, 11) is 2.17. The molecule has 1 saturated heterocycles. The number of nitrogens with one attached hydrogen (secondary N) is 1. The van der Waals surface area contributed by atoms with Crippen LogP contribution in [0.1, 0.15) is 30.9 Å². The van der Waals surface area contributed by atoms with Gasteiger partial charge in [-0.25, -0.2) is 4.39 Å². The Balaban J connectivity index is 1.62. The standard InChI is InChI=1S/C16H25FN2O/c1-19-10-7-13(8-11-19)6-9-18-12-16(20)14-2-4-15(17)5-3-14/h2-5,13,16,18,20H,6-12H2,1H3. The number of nitrogens with zero attached hydrogens (tertiary/aromatic N) is 1. The van der Waals surface area contributed by atoms with E-state index in [4.69, 9.17) is 0 Å². The molecule has 1 aliphatic rings. The summed E-state index contributed by atoms with van der Waals surface area (Å²) in [4.78, 5) is 2.38. The molecule has 1 aromatic carbocycles. The van der Waals surface area contributed by atoms with Gasteiger partial charge in [0, 0.05) is 6.54 Å². The Morgan fingerprint density at radius 3 is 2.60 bits per heavy atom. The van der Waals surface area contributed by atoms with E-state index in [2.05, 4.69) is 17.3 Å². The number of aliphatic hydroxyl groups excluding tert-OH is 1. The van der Waals surface area contributed by atoms with Gasteiger partial charge in [-0.3, -0.25) is 0 Å². The molecule has 0 saturated carbocycles. The van der Waals surface area contributed by atoms with Crippen molar-refractivity contribution in [3.8, 4) is 0 Å². The van der Waals surface area contributed by atoms with Gasteiger partial charge in [0.05, 0.1) is 6.10 Å². The smallest absolute Gasteiger partial charge is 0.123 e. The molecule has 1 heterocycles. The van der Waals surface area contributed by atoms with Crippen molar-refractivity contribution in [3.63, 3.8) is 0 Å². The molecule has 4 heteroatoms. The highest BCUT2D eigenvalue weighted by molar-refractivity contribution is 5.18. The number of aliphatic hydroxyl groups is 1. The van der Waals surface area contributed by atoms with E-state index in [1.165, 1.54) is 44.5 Å². The fourth-order valence-corrected chi connectivity index (χ4v) is 2.70. The highest BCUT2D eigenvalue weighted by Gasteiger charge is 2.16. The van der Waals surface area contributed by atoms with Crippen molar-refractivity contribution in [2.24, 2.45) is 5.92 Å². The minimum absolute atomic E-state index is 0.267. The molecule has 112 valence electrons. The van der Waals surface area contributed by atoms with Crippen LogP contribution in [0.2, 0.25) is 0 Å². The van der Waals surface area contributed by atoms with Gasteiger partial charge in [0.25, 0.3) is 0 Å². The SMILES string of the molecule is CN1CCC(CCNCC(O)c2ccc(F)cc2)CC1. The summed E-state index contributed by atoms with van der Waals surface area (Å²) in [5, 5.41) is 13.3. The van der Waals surface area contributed by atoms with Gasteiger partial charge in [0.1, 0.15) is 5.82 Å². The lowest BCUT2D eigenvalue weighted by Gasteiger charge is -2.29. The summed E-state index contributed by atoms with van der Waals surface area (Å²) in [5.41, 5.74) is 0.762. The Hall–Kier alpha value is -0.970. The van der Waals surface area contributed by atoms with E-state index in [1.807, 2.05) is 0 Å². The molecule has 2 N–H and O–H groups in total. The largest absolute Gasteiger partial charge is 0.387 e. The van der Waals surface area contributed by atoms with E-state index in [-0.39, 0.29) is 5.82 Å². The van der Waals surface area contributed by atoms with E-state index in [0.29, 0.717) is 6.54 Å². The Bertz CT molecular complexity index is 388. The predicted octanol–water partition coefficient (Wildman–Crippen LogP) is 2.18. The Labute approximate surface area is 120 Å². The lowest BCUT2D eigenvalue weighted by atomic mass is 9.94. The van der Waals surface area contributed by atoms with Crippen molar-refractivity contribution in [2.45, 2.75) is 25.4 Å². The van der Waals surface area contributed by atoms with Crippen LogP contribution in [0.25, 0.3) is 0 Å². The fourth-order valence-electron chi connectivity index (χ4n) is 2.70. The number of hydrogen-bond acceptors (Lipinski definition) is 3. The Morgan fingerprint density at radius 2 is 1.95 bits per heavy atom. The summed E-state index contributed by atoms with van der Waals surface area (Å²) in [6.07, 6.45) is 3.16. The van der Waals surface area contributed by atoms with E-state index in [9.17, 15) is 9.50 Å². The third kappa shape index (κ3) is 4.85. The second-order valence-electron chi connectivity index (χ2n) is 5.81. The zero-order valence-electron chi connectivity index (χ0n) is 12.2.